The van der Waals surface area contributed by atoms with E-state index in [-0.39, 0.29) is 17.7 Å². The molecule has 0 aliphatic carbocycles. The highest BCUT2D eigenvalue weighted by Crippen LogP contribution is 2.22. The number of likely N-dealkylation sites (tertiary alicyclic amines) is 1. The van der Waals surface area contributed by atoms with Crippen molar-refractivity contribution in [2.75, 3.05) is 19.3 Å². The Morgan fingerprint density at radius 2 is 2.00 bits per heavy atom. The van der Waals surface area contributed by atoms with Crippen molar-refractivity contribution < 1.29 is 19.5 Å². The second-order valence-electron chi connectivity index (χ2n) is 6.15. The van der Waals surface area contributed by atoms with Crippen molar-refractivity contribution in [3.8, 4) is 0 Å². The van der Waals surface area contributed by atoms with Crippen LogP contribution in [0.1, 0.15) is 39.5 Å². The quantitative estimate of drug-likeness (QED) is 0.689. The van der Waals surface area contributed by atoms with Crippen LogP contribution in [-0.2, 0) is 14.4 Å². The summed E-state index contributed by atoms with van der Waals surface area (Å²) >= 11 is 4.05. The first-order chi connectivity index (χ1) is 10.3. The fourth-order valence-electron chi connectivity index (χ4n) is 2.82. The van der Waals surface area contributed by atoms with Gasteiger partial charge in [-0.3, -0.25) is 9.59 Å². The number of carbonyl (C=O) groups is 3. The minimum Gasteiger partial charge on any atom is -0.480 e. The van der Waals surface area contributed by atoms with Crippen molar-refractivity contribution in [3.05, 3.63) is 0 Å². The number of hydrogen-bond donors (Lipinski definition) is 2. The number of thiol groups is 1. The molecule has 0 spiro atoms. The summed E-state index contributed by atoms with van der Waals surface area (Å²) in [5.41, 5.74) is 0. The van der Waals surface area contributed by atoms with E-state index < -0.39 is 18.1 Å². The molecule has 6 nitrogen and oxygen atoms in total. The summed E-state index contributed by atoms with van der Waals surface area (Å²) in [5, 5.41) is 9.36. The summed E-state index contributed by atoms with van der Waals surface area (Å²) in [6, 6.07) is -1.39. The largest absolute Gasteiger partial charge is 0.480 e. The lowest BCUT2D eigenvalue weighted by Gasteiger charge is -2.32. The van der Waals surface area contributed by atoms with E-state index in [0.29, 0.717) is 31.6 Å². The van der Waals surface area contributed by atoms with Crippen LogP contribution in [0.15, 0.2) is 0 Å². The van der Waals surface area contributed by atoms with Gasteiger partial charge < -0.3 is 14.9 Å². The third kappa shape index (κ3) is 4.63. The van der Waals surface area contributed by atoms with Gasteiger partial charge in [0.1, 0.15) is 12.1 Å². The number of hydrogen-bond acceptors (Lipinski definition) is 4. The standard InChI is InChI=1S/C15H26N2O4S/c1-10(2)9-12(15(20)21)16(3)14(19)11-5-4-7-17(11)13(18)6-8-22/h10-12,22H,4-9H2,1-3H3,(H,20,21)/t11-,12-/m0/s1. The Bertz CT molecular complexity index is 428. The Morgan fingerprint density at radius 1 is 1.36 bits per heavy atom. The van der Waals surface area contributed by atoms with Gasteiger partial charge in [0.05, 0.1) is 0 Å². The van der Waals surface area contributed by atoms with E-state index in [1.165, 1.54) is 11.9 Å². The summed E-state index contributed by atoms with van der Waals surface area (Å²) in [6.45, 7) is 4.40. The van der Waals surface area contributed by atoms with E-state index in [4.69, 9.17) is 0 Å². The Morgan fingerprint density at radius 3 is 2.50 bits per heavy atom. The average molecular weight is 330 g/mol. The molecule has 22 heavy (non-hydrogen) atoms. The van der Waals surface area contributed by atoms with Crippen LogP contribution in [0.4, 0.5) is 0 Å². The lowest BCUT2D eigenvalue weighted by atomic mass is 10.0. The van der Waals surface area contributed by atoms with Gasteiger partial charge in [0, 0.05) is 20.0 Å². The zero-order chi connectivity index (χ0) is 16.9. The van der Waals surface area contributed by atoms with Crippen LogP contribution in [0, 0.1) is 5.92 Å². The molecule has 0 radical (unpaired) electrons. The topological polar surface area (TPSA) is 77.9 Å². The second-order valence-corrected chi connectivity index (χ2v) is 6.60. The van der Waals surface area contributed by atoms with Crippen LogP contribution < -0.4 is 0 Å². The fourth-order valence-corrected chi connectivity index (χ4v) is 3.01. The smallest absolute Gasteiger partial charge is 0.326 e. The Hall–Kier alpha value is -1.24. The predicted molar refractivity (Wildman–Crippen MR) is 86.9 cm³/mol. The molecule has 1 fully saturated rings. The van der Waals surface area contributed by atoms with Crippen molar-refractivity contribution in [1.29, 1.82) is 0 Å². The number of aliphatic carboxylic acids is 1. The molecule has 0 unspecified atom stereocenters. The van der Waals surface area contributed by atoms with Gasteiger partial charge in [-0.05, 0) is 30.9 Å². The third-order valence-electron chi connectivity index (χ3n) is 3.98. The molecule has 2 atom stereocenters. The molecule has 1 rings (SSSR count). The molecule has 1 heterocycles. The van der Waals surface area contributed by atoms with Crippen LogP contribution in [0.25, 0.3) is 0 Å². The molecular weight excluding hydrogens is 304 g/mol. The van der Waals surface area contributed by atoms with Gasteiger partial charge in [-0.1, -0.05) is 13.8 Å². The van der Waals surface area contributed by atoms with Crippen molar-refractivity contribution in [2.24, 2.45) is 5.92 Å². The highest BCUT2D eigenvalue weighted by atomic mass is 32.1. The molecule has 0 bridgehead atoms. The van der Waals surface area contributed by atoms with Gasteiger partial charge in [0.15, 0.2) is 0 Å². The number of carboxylic acid groups (broad SMARTS) is 1. The van der Waals surface area contributed by atoms with E-state index >= 15 is 0 Å². The van der Waals surface area contributed by atoms with Crippen LogP contribution in [0.3, 0.4) is 0 Å². The number of nitrogens with zero attached hydrogens (tertiary/aromatic N) is 2. The van der Waals surface area contributed by atoms with Crippen molar-refractivity contribution in [3.63, 3.8) is 0 Å². The minimum atomic E-state index is -1.00. The number of likely N-dealkylation sites (N-methyl/N-ethyl adjacent to an activating group) is 1. The Kier molecular flexibility index (Phi) is 7.19. The monoisotopic (exact) mass is 330 g/mol. The summed E-state index contributed by atoms with van der Waals surface area (Å²) in [7, 11) is 1.52. The lowest BCUT2D eigenvalue weighted by Crippen LogP contribution is -2.52. The maximum Gasteiger partial charge on any atom is 0.326 e. The van der Waals surface area contributed by atoms with Gasteiger partial charge >= 0.3 is 5.97 Å². The van der Waals surface area contributed by atoms with Crippen molar-refractivity contribution in [2.45, 2.75) is 51.6 Å². The zero-order valence-electron chi connectivity index (χ0n) is 13.5. The molecule has 1 saturated heterocycles. The molecule has 1 N–H and O–H groups in total. The van der Waals surface area contributed by atoms with Gasteiger partial charge in [-0.25, -0.2) is 4.79 Å². The molecule has 1 aliphatic rings. The number of amides is 2. The van der Waals surface area contributed by atoms with Crippen LogP contribution in [-0.4, -0.2) is 64.1 Å². The molecule has 0 saturated carbocycles. The van der Waals surface area contributed by atoms with E-state index in [9.17, 15) is 19.5 Å². The molecular formula is C15H26N2O4S. The maximum absolute atomic E-state index is 12.6. The first-order valence-electron chi connectivity index (χ1n) is 7.69. The highest BCUT2D eigenvalue weighted by molar-refractivity contribution is 7.80. The average Bonchev–Trinajstić information content (AvgIpc) is 2.92. The lowest BCUT2D eigenvalue weighted by molar-refractivity contribution is -0.153. The van der Waals surface area contributed by atoms with Gasteiger partial charge in [0.2, 0.25) is 11.8 Å². The van der Waals surface area contributed by atoms with Crippen LogP contribution in [0.2, 0.25) is 0 Å². The van der Waals surface area contributed by atoms with E-state index in [2.05, 4.69) is 12.6 Å². The first kappa shape index (κ1) is 18.8. The van der Waals surface area contributed by atoms with Crippen molar-refractivity contribution in [1.82, 2.24) is 9.80 Å². The van der Waals surface area contributed by atoms with Crippen LogP contribution in [0.5, 0.6) is 0 Å². The van der Waals surface area contributed by atoms with Crippen LogP contribution >= 0.6 is 12.6 Å². The minimum absolute atomic E-state index is 0.0880. The molecule has 0 aromatic heterocycles. The van der Waals surface area contributed by atoms with Crippen molar-refractivity contribution >= 4 is 30.4 Å². The Balaban J connectivity index is 2.83. The number of carboxylic acids is 1. The molecule has 126 valence electrons. The highest BCUT2D eigenvalue weighted by Gasteiger charge is 2.38. The third-order valence-corrected chi connectivity index (χ3v) is 4.20. The van der Waals surface area contributed by atoms with Gasteiger partial charge in [-0.15, -0.1) is 0 Å². The van der Waals surface area contributed by atoms with E-state index in [0.717, 1.165) is 6.42 Å². The first-order valence-corrected chi connectivity index (χ1v) is 8.32. The number of rotatable bonds is 7. The fraction of sp³-hybridized carbons (Fsp3) is 0.800. The van der Waals surface area contributed by atoms with Gasteiger partial charge in [-0.2, -0.15) is 12.6 Å². The molecule has 2 amide bonds. The zero-order valence-corrected chi connectivity index (χ0v) is 14.4. The molecule has 7 heteroatoms. The van der Waals surface area contributed by atoms with E-state index in [1.807, 2.05) is 13.8 Å². The summed E-state index contributed by atoms with van der Waals surface area (Å²) in [4.78, 5) is 39.0. The Labute approximate surface area is 137 Å². The molecule has 0 aromatic carbocycles. The summed E-state index contributed by atoms with van der Waals surface area (Å²) in [5.74, 6) is -0.761. The summed E-state index contributed by atoms with van der Waals surface area (Å²) in [6.07, 6.45) is 2.06. The normalized spacial score (nSPS) is 19.3. The number of carbonyl (C=O) groups excluding carboxylic acids is 2. The van der Waals surface area contributed by atoms with E-state index in [1.54, 1.807) is 4.90 Å². The molecule has 0 aromatic rings. The summed E-state index contributed by atoms with van der Waals surface area (Å²) < 4.78 is 0. The van der Waals surface area contributed by atoms with Gasteiger partial charge in [0.25, 0.3) is 0 Å². The SMILES string of the molecule is CC(C)C[C@@H](C(=O)O)N(C)C(=O)[C@@H]1CCCN1C(=O)CCS. The second kappa shape index (κ2) is 8.41. The molecule has 1 aliphatic heterocycles. The predicted octanol–water partition coefficient (Wildman–Crippen LogP) is 1.25. The maximum atomic E-state index is 12.6.